The number of carbonyl (C=O) groups excluding carboxylic acids is 1. The van der Waals surface area contributed by atoms with E-state index in [0.717, 1.165) is 38.8 Å². The molecule has 12 heteroatoms. The molecule has 0 fully saturated rings. The summed E-state index contributed by atoms with van der Waals surface area (Å²) in [6.07, 6.45) is 1.45. The van der Waals surface area contributed by atoms with Crippen LogP contribution >= 0.6 is 15.9 Å². The Morgan fingerprint density at radius 1 is 1.09 bits per heavy atom. The molecule has 5 rings (SSSR count). The number of benzene rings is 2. The molecule has 0 spiro atoms. The van der Waals surface area contributed by atoms with Crippen LogP contribution in [-0.4, -0.2) is 68.8 Å². The molecule has 2 aromatic carbocycles. The van der Waals surface area contributed by atoms with E-state index in [1.807, 2.05) is 19.1 Å². The Morgan fingerprint density at radius 3 is 2.37 bits per heavy atom. The third kappa shape index (κ3) is 4.94. The highest BCUT2D eigenvalue weighted by Gasteiger charge is 2.42. The first kappa shape index (κ1) is 30.8. The van der Waals surface area contributed by atoms with E-state index in [4.69, 9.17) is 18.6 Å². The van der Waals surface area contributed by atoms with E-state index in [1.54, 1.807) is 32.3 Å². The number of aryl methyl sites for hydroxylation is 1. The van der Waals surface area contributed by atoms with E-state index in [-0.39, 0.29) is 16.9 Å². The van der Waals surface area contributed by atoms with Gasteiger partial charge in [0.25, 0.3) is 14.2 Å². The van der Waals surface area contributed by atoms with Crippen molar-refractivity contribution in [2.45, 2.75) is 51.7 Å². The van der Waals surface area contributed by atoms with Gasteiger partial charge in [-0.1, -0.05) is 41.9 Å². The molecule has 0 saturated heterocycles. The number of hydrogen-bond donors (Lipinski definition) is 3. The Bertz CT molecular complexity index is 1750. The van der Waals surface area contributed by atoms with Crippen LogP contribution in [0.4, 0.5) is 5.69 Å². The molecule has 0 aliphatic carbocycles. The lowest BCUT2D eigenvalue weighted by Crippen LogP contribution is -2.44. The maximum absolute atomic E-state index is 14.3. The van der Waals surface area contributed by atoms with Crippen LogP contribution in [0.15, 0.2) is 23.4 Å². The smallest absolute Gasteiger partial charge is 0.274 e. The van der Waals surface area contributed by atoms with Gasteiger partial charge in [-0.05, 0) is 42.8 Å². The van der Waals surface area contributed by atoms with Gasteiger partial charge in [0.1, 0.15) is 11.4 Å². The van der Waals surface area contributed by atoms with Crippen LogP contribution < -0.4 is 23.5 Å². The fourth-order valence-electron chi connectivity index (χ4n) is 5.60. The van der Waals surface area contributed by atoms with Crippen molar-refractivity contribution in [3.05, 3.63) is 40.7 Å². The lowest BCUT2D eigenvalue weighted by atomic mass is 9.96. The normalized spacial score (nSPS) is 15.5. The number of hydrogen-bond acceptors (Lipinski definition) is 7. The van der Waals surface area contributed by atoms with Crippen molar-refractivity contribution in [1.82, 2.24) is 9.97 Å². The largest absolute Gasteiger partial charge is 0.542 e. The van der Waals surface area contributed by atoms with Gasteiger partial charge in [0.2, 0.25) is 5.75 Å². The first-order valence-corrected chi connectivity index (χ1v) is 18.1. The molecular formula is C31H39BrN4O6Si. The highest BCUT2D eigenvalue weighted by molar-refractivity contribution is 9.09. The predicted molar refractivity (Wildman–Crippen MR) is 176 cm³/mol. The Balaban J connectivity index is 1.72. The van der Waals surface area contributed by atoms with E-state index >= 15 is 0 Å². The number of amides is 1. The summed E-state index contributed by atoms with van der Waals surface area (Å²) in [5.41, 5.74) is 5.27. The number of aromatic nitrogens is 2. The van der Waals surface area contributed by atoms with E-state index in [9.17, 15) is 10.0 Å². The minimum absolute atomic E-state index is 0.0106. The summed E-state index contributed by atoms with van der Waals surface area (Å²) in [5.74, 6) is 1.89. The second-order valence-corrected chi connectivity index (χ2v) is 17.8. The molecule has 1 aliphatic heterocycles. The number of H-pyrrole nitrogens is 2. The molecule has 3 N–H and O–H groups in total. The summed E-state index contributed by atoms with van der Waals surface area (Å²) < 4.78 is 23.6. The Kier molecular flexibility index (Phi) is 7.97. The van der Waals surface area contributed by atoms with Crippen LogP contribution in [0.2, 0.25) is 18.1 Å². The maximum atomic E-state index is 14.3. The number of fused-ring (bicyclic) bond motifs is 4. The summed E-state index contributed by atoms with van der Waals surface area (Å²) in [5, 5.41) is 15.2. The van der Waals surface area contributed by atoms with Gasteiger partial charge in [0.05, 0.1) is 44.3 Å². The van der Waals surface area contributed by atoms with Gasteiger partial charge in [-0.25, -0.2) is 0 Å². The molecule has 3 heterocycles. The fourth-order valence-corrected chi connectivity index (χ4v) is 7.15. The Hall–Kier alpha value is -3.64. The van der Waals surface area contributed by atoms with Crippen LogP contribution in [0.1, 0.15) is 54.0 Å². The van der Waals surface area contributed by atoms with Crippen LogP contribution in [0.25, 0.3) is 21.8 Å². The van der Waals surface area contributed by atoms with E-state index in [1.165, 1.54) is 6.21 Å². The van der Waals surface area contributed by atoms with Crippen LogP contribution in [0, 0.1) is 6.92 Å². The molecule has 1 unspecified atom stereocenters. The van der Waals surface area contributed by atoms with Gasteiger partial charge in [0, 0.05) is 45.9 Å². The van der Waals surface area contributed by atoms with Crippen molar-refractivity contribution >= 4 is 63.9 Å². The number of anilines is 1. The number of ether oxygens (including phenoxy) is 3. The van der Waals surface area contributed by atoms with E-state index in [0.29, 0.717) is 46.1 Å². The number of halogens is 1. The van der Waals surface area contributed by atoms with Gasteiger partial charge in [-0.3, -0.25) is 4.79 Å². The highest BCUT2D eigenvalue weighted by atomic mass is 79.9. The van der Waals surface area contributed by atoms with Crippen molar-refractivity contribution in [2.24, 2.45) is 5.16 Å². The number of carbonyl (C=O) groups is 1. The van der Waals surface area contributed by atoms with Gasteiger partial charge in [-0.15, -0.1) is 0 Å². The first-order chi connectivity index (χ1) is 20.3. The van der Waals surface area contributed by atoms with Crippen LogP contribution in [-0.2, 0) is 0 Å². The van der Waals surface area contributed by atoms with E-state index in [2.05, 4.69) is 64.9 Å². The quantitative estimate of drug-likeness (QED) is 0.0594. The first-order valence-electron chi connectivity index (χ1n) is 14.1. The monoisotopic (exact) mass is 670 g/mol. The van der Waals surface area contributed by atoms with Crippen molar-refractivity contribution in [3.63, 3.8) is 0 Å². The molecule has 10 nitrogen and oxygen atoms in total. The zero-order valence-corrected chi connectivity index (χ0v) is 28.6. The van der Waals surface area contributed by atoms with Crippen molar-refractivity contribution in [2.75, 3.05) is 38.1 Å². The average molecular weight is 672 g/mol. The molecule has 1 amide bonds. The van der Waals surface area contributed by atoms with Crippen molar-refractivity contribution in [3.8, 4) is 23.0 Å². The van der Waals surface area contributed by atoms with Crippen LogP contribution in [0.3, 0.4) is 0 Å². The summed E-state index contributed by atoms with van der Waals surface area (Å²) in [6.45, 7) is 13.4. The number of alkyl halides is 1. The van der Waals surface area contributed by atoms with E-state index < -0.39 is 8.32 Å². The second-order valence-electron chi connectivity index (χ2n) is 12.4. The SMILES string of the molecule is COc1cc2cc(C(=O)N3CC(CBr)c4c3cc(O[Si](C)(C)C(C)(C)C)c3[nH]c(C)c(/C=N/O)c43)[nH]c2c(OC)c1OC. The topological polar surface area (TPSA) is 121 Å². The Labute approximate surface area is 260 Å². The van der Waals surface area contributed by atoms with Gasteiger partial charge in [-0.2, -0.15) is 0 Å². The standard InChI is InChI=1S/C31H39BrN4O6Si/c1-16-19(14-33-38)25-24-18(13-32)15-36(21(24)12-22(27(25)34-16)42-43(8,9)31(2,3)4)30(37)20-10-17-11-23(39-5)28(40-6)29(41-7)26(17)35-20/h10-12,14,18,34-35,38H,13,15H2,1-9H3/b33-14+. The van der Waals surface area contributed by atoms with Gasteiger partial charge >= 0.3 is 0 Å². The number of methoxy groups -OCH3 is 3. The molecule has 43 heavy (non-hydrogen) atoms. The van der Waals surface area contributed by atoms with Gasteiger partial charge in [0.15, 0.2) is 11.5 Å². The zero-order valence-electron chi connectivity index (χ0n) is 26.1. The summed E-state index contributed by atoms with van der Waals surface area (Å²) in [4.78, 5) is 22.9. The molecule has 0 radical (unpaired) electrons. The third-order valence-corrected chi connectivity index (χ3v) is 14.0. The molecule has 4 aromatic rings. The molecule has 0 saturated carbocycles. The highest BCUT2D eigenvalue weighted by Crippen LogP contribution is 2.50. The number of nitrogens with one attached hydrogen (secondary N) is 2. The van der Waals surface area contributed by atoms with Crippen molar-refractivity contribution in [1.29, 1.82) is 0 Å². The Morgan fingerprint density at radius 2 is 1.79 bits per heavy atom. The summed E-state index contributed by atoms with van der Waals surface area (Å²) in [7, 11) is 2.39. The van der Waals surface area contributed by atoms with Crippen molar-refractivity contribution < 1.29 is 28.6 Å². The number of oxime groups is 1. The van der Waals surface area contributed by atoms with Gasteiger partial charge < -0.3 is 38.7 Å². The lowest BCUT2D eigenvalue weighted by Gasteiger charge is -2.36. The zero-order chi connectivity index (χ0) is 31.4. The molecule has 230 valence electrons. The number of aromatic amines is 2. The third-order valence-electron chi connectivity index (χ3n) is 8.84. The summed E-state index contributed by atoms with van der Waals surface area (Å²) >= 11 is 3.70. The molecule has 1 atom stereocenters. The number of nitrogens with zero attached hydrogens (tertiary/aromatic N) is 2. The minimum Gasteiger partial charge on any atom is -0.542 e. The lowest BCUT2D eigenvalue weighted by molar-refractivity contribution is 0.0984. The predicted octanol–water partition coefficient (Wildman–Crippen LogP) is 7.31. The molecule has 1 aliphatic rings. The second kappa shape index (κ2) is 11.1. The summed E-state index contributed by atoms with van der Waals surface area (Å²) in [6, 6.07) is 5.61. The molecular weight excluding hydrogens is 632 g/mol. The minimum atomic E-state index is -2.27. The molecule has 2 aromatic heterocycles. The number of rotatable bonds is 8. The maximum Gasteiger partial charge on any atom is 0.274 e. The molecule has 0 bridgehead atoms. The average Bonchev–Trinajstić information content (AvgIpc) is 3.64. The van der Waals surface area contributed by atoms with Crippen LogP contribution in [0.5, 0.6) is 23.0 Å². The fraction of sp³-hybridized carbons (Fsp3) is 0.419.